The molecule has 1 unspecified atom stereocenters. The molecule has 5 heteroatoms. The molecular weight excluding hydrogens is 224 g/mol. The molecule has 0 bridgehead atoms. The lowest BCUT2D eigenvalue weighted by atomic mass is 9.93. The van der Waals surface area contributed by atoms with Crippen molar-refractivity contribution in [1.29, 1.82) is 0 Å². The van der Waals surface area contributed by atoms with Gasteiger partial charge < -0.3 is 19.7 Å². The second kappa shape index (κ2) is 4.25. The van der Waals surface area contributed by atoms with Crippen molar-refractivity contribution in [2.45, 2.75) is 25.4 Å². The third-order valence-corrected chi connectivity index (χ3v) is 2.55. The van der Waals surface area contributed by atoms with Gasteiger partial charge in [0.25, 0.3) is 0 Å². The highest BCUT2D eigenvalue weighted by Gasteiger charge is 2.25. The van der Waals surface area contributed by atoms with Crippen molar-refractivity contribution in [3.8, 4) is 11.5 Å². The highest BCUT2D eigenvalue weighted by atomic mass is 16.7. The van der Waals surface area contributed by atoms with Crippen LogP contribution in [0.2, 0.25) is 0 Å². The monoisotopic (exact) mass is 238 g/mol. The summed E-state index contributed by atoms with van der Waals surface area (Å²) in [4.78, 5) is 10.6. The van der Waals surface area contributed by atoms with Gasteiger partial charge in [-0.2, -0.15) is 0 Å². The van der Waals surface area contributed by atoms with Crippen molar-refractivity contribution in [2.75, 3.05) is 6.79 Å². The largest absolute Gasteiger partial charge is 0.481 e. The van der Waals surface area contributed by atoms with E-state index in [1.807, 2.05) is 0 Å². The van der Waals surface area contributed by atoms with E-state index in [2.05, 4.69) is 0 Å². The van der Waals surface area contributed by atoms with Crippen molar-refractivity contribution in [2.24, 2.45) is 0 Å². The molecule has 0 fully saturated rings. The van der Waals surface area contributed by atoms with Crippen LogP contribution in [-0.2, 0) is 11.2 Å². The fourth-order valence-corrected chi connectivity index (χ4v) is 1.88. The van der Waals surface area contributed by atoms with Gasteiger partial charge in [-0.1, -0.05) is 6.07 Å². The van der Waals surface area contributed by atoms with Crippen LogP contribution in [0.4, 0.5) is 0 Å². The maximum Gasteiger partial charge on any atom is 0.306 e. The maximum atomic E-state index is 10.6. The normalized spacial score (nSPS) is 16.6. The van der Waals surface area contributed by atoms with Crippen LogP contribution in [0.5, 0.6) is 11.5 Å². The fourth-order valence-electron chi connectivity index (χ4n) is 1.88. The molecule has 1 atom stereocenters. The lowest BCUT2D eigenvalue weighted by molar-refractivity contribution is -0.141. The summed E-state index contributed by atoms with van der Waals surface area (Å²) in [6.07, 6.45) is -0.0304. The van der Waals surface area contributed by atoms with E-state index in [1.54, 1.807) is 18.2 Å². The van der Waals surface area contributed by atoms with Gasteiger partial charge in [0.2, 0.25) is 6.79 Å². The summed E-state index contributed by atoms with van der Waals surface area (Å²) < 4.78 is 10.4. The molecule has 1 aromatic rings. The molecule has 17 heavy (non-hydrogen) atoms. The maximum absolute atomic E-state index is 10.6. The minimum atomic E-state index is -1.26. The molecule has 5 nitrogen and oxygen atoms in total. The number of rotatable bonds is 4. The first kappa shape index (κ1) is 11.7. The summed E-state index contributed by atoms with van der Waals surface area (Å²) in [6.45, 7) is 1.70. The van der Waals surface area contributed by atoms with E-state index < -0.39 is 11.6 Å². The number of hydrogen-bond donors (Lipinski definition) is 2. The molecule has 1 aromatic carbocycles. The van der Waals surface area contributed by atoms with Gasteiger partial charge in [-0.3, -0.25) is 4.79 Å². The van der Waals surface area contributed by atoms with E-state index in [-0.39, 0.29) is 19.6 Å². The Hall–Kier alpha value is -1.75. The Morgan fingerprint density at radius 1 is 1.41 bits per heavy atom. The van der Waals surface area contributed by atoms with Crippen molar-refractivity contribution in [3.63, 3.8) is 0 Å². The van der Waals surface area contributed by atoms with E-state index in [1.165, 1.54) is 6.92 Å². The number of ether oxygens (including phenoxy) is 2. The first-order valence-electron chi connectivity index (χ1n) is 5.29. The number of carboxylic acid groups (broad SMARTS) is 1. The fraction of sp³-hybridized carbons (Fsp3) is 0.417. The number of benzene rings is 1. The third kappa shape index (κ3) is 2.88. The van der Waals surface area contributed by atoms with Crippen molar-refractivity contribution >= 4 is 5.97 Å². The number of aliphatic carboxylic acids is 1. The van der Waals surface area contributed by atoms with Gasteiger partial charge in [0, 0.05) is 6.42 Å². The molecule has 0 aliphatic carbocycles. The molecule has 0 amide bonds. The molecule has 1 aliphatic heterocycles. The van der Waals surface area contributed by atoms with Crippen LogP contribution in [0.3, 0.4) is 0 Å². The van der Waals surface area contributed by atoms with E-state index >= 15 is 0 Å². The molecule has 1 aliphatic rings. The van der Waals surface area contributed by atoms with E-state index in [9.17, 15) is 9.90 Å². The summed E-state index contributed by atoms with van der Waals surface area (Å²) in [5, 5.41) is 18.6. The molecule has 2 rings (SSSR count). The molecule has 0 radical (unpaired) electrons. The summed E-state index contributed by atoms with van der Waals surface area (Å²) in [7, 11) is 0. The lowest BCUT2D eigenvalue weighted by Crippen LogP contribution is -2.30. The average molecular weight is 238 g/mol. The first-order chi connectivity index (χ1) is 7.96. The van der Waals surface area contributed by atoms with Crippen LogP contribution in [0, 0.1) is 0 Å². The van der Waals surface area contributed by atoms with Crippen LogP contribution in [0.25, 0.3) is 0 Å². The van der Waals surface area contributed by atoms with Gasteiger partial charge in [-0.25, -0.2) is 0 Å². The Balaban J connectivity index is 2.11. The highest BCUT2D eigenvalue weighted by Crippen LogP contribution is 2.33. The summed E-state index contributed by atoms with van der Waals surface area (Å²) in [5.74, 6) is 0.288. The zero-order valence-electron chi connectivity index (χ0n) is 9.47. The molecule has 2 N–H and O–H groups in total. The SMILES string of the molecule is CC(O)(CC(=O)O)Cc1ccc2c(c1)OCO2. The van der Waals surface area contributed by atoms with E-state index in [4.69, 9.17) is 14.6 Å². The number of carboxylic acids is 1. The lowest BCUT2D eigenvalue weighted by Gasteiger charge is -2.21. The topological polar surface area (TPSA) is 76.0 Å². The number of hydrogen-bond acceptors (Lipinski definition) is 4. The first-order valence-corrected chi connectivity index (χ1v) is 5.29. The predicted octanol–water partition coefficient (Wildman–Crippen LogP) is 1.18. The number of aliphatic hydroxyl groups is 1. The zero-order valence-corrected chi connectivity index (χ0v) is 9.47. The molecule has 92 valence electrons. The zero-order chi connectivity index (χ0) is 12.5. The van der Waals surface area contributed by atoms with Crippen LogP contribution >= 0.6 is 0 Å². The van der Waals surface area contributed by atoms with Gasteiger partial charge >= 0.3 is 5.97 Å². The number of fused-ring (bicyclic) bond motifs is 1. The molecule has 0 saturated carbocycles. The van der Waals surface area contributed by atoms with Gasteiger partial charge in [-0.15, -0.1) is 0 Å². The summed E-state index contributed by atoms with van der Waals surface area (Å²) in [5.41, 5.74) is -0.444. The Labute approximate surface area is 98.6 Å². The van der Waals surface area contributed by atoms with E-state index in [0.717, 1.165) is 5.56 Å². The van der Waals surface area contributed by atoms with Gasteiger partial charge in [0.05, 0.1) is 12.0 Å². The van der Waals surface area contributed by atoms with Crippen LogP contribution in [-0.4, -0.2) is 28.6 Å². The van der Waals surface area contributed by atoms with Gasteiger partial charge in [-0.05, 0) is 24.6 Å². The molecule has 1 heterocycles. The number of carbonyl (C=O) groups is 1. The average Bonchev–Trinajstić information content (AvgIpc) is 2.61. The predicted molar refractivity (Wildman–Crippen MR) is 59.1 cm³/mol. The van der Waals surface area contributed by atoms with Gasteiger partial charge in [0.1, 0.15) is 0 Å². The summed E-state index contributed by atoms with van der Waals surface area (Å²) >= 11 is 0. The Bertz CT molecular complexity index is 439. The standard InChI is InChI=1S/C12H14O5/c1-12(15,6-11(13)14)5-8-2-3-9-10(4-8)17-7-16-9/h2-4,15H,5-7H2,1H3,(H,13,14). The second-order valence-electron chi connectivity index (χ2n) is 4.43. The van der Waals surface area contributed by atoms with Crippen molar-refractivity contribution < 1.29 is 24.5 Å². The highest BCUT2D eigenvalue weighted by molar-refractivity contribution is 5.68. The van der Waals surface area contributed by atoms with Crippen LogP contribution in [0.1, 0.15) is 18.9 Å². The smallest absolute Gasteiger partial charge is 0.306 e. The quantitative estimate of drug-likeness (QED) is 0.823. The van der Waals surface area contributed by atoms with Crippen molar-refractivity contribution in [3.05, 3.63) is 23.8 Å². The summed E-state index contributed by atoms with van der Waals surface area (Å²) in [6, 6.07) is 5.32. The van der Waals surface area contributed by atoms with E-state index in [0.29, 0.717) is 11.5 Å². The minimum absolute atomic E-state index is 0.199. The molecular formula is C12H14O5. The Morgan fingerprint density at radius 3 is 2.82 bits per heavy atom. The molecule has 0 aromatic heterocycles. The third-order valence-electron chi connectivity index (χ3n) is 2.55. The molecule has 0 saturated heterocycles. The minimum Gasteiger partial charge on any atom is -0.481 e. The van der Waals surface area contributed by atoms with Gasteiger partial charge in [0.15, 0.2) is 11.5 Å². The van der Waals surface area contributed by atoms with Crippen molar-refractivity contribution in [1.82, 2.24) is 0 Å². The Kier molecular flexibility index (Phi) is 2.93. The Morgan fingerprint density at radius 2 is 2.12 bits per heavy atom. The van der Waals surface area contributed by atoms with Crippen LogP contribution < -0.4 is 9.47 Å². The second-order valence-corrected chi connectivity index (χ2v) is 4.43. The van der Waals surface area contributed by atoms with Crippen LogP contribution in [0.15, 0.2) is 18.2 Å². The molecule has 0 spiro atoms.